The Morgan fingerprint density at radius 1 is 1.24 bits per heavy atom. The van der Waals surface area contributed by atoms with Crippen LogP contribution in [0, 0.1) is 5.92 Å². The topological polar surface area (TPSA) is 77.3 Å². The van der Waals surface area contributed by atoms with Gasteiger partial charge in [-0.2, -0.15) is 0 Å². The number of aromatic nitrogens is 3. The van der Waals surface area contributed by atoms with E-state index in [4.69, 9.17) is 4.74 Å². The molecule has 0 aliphatic carbocycles. The van der Waals surface area contributed by atoms with Gasteiger partial charge in [-0.1, -0.05) is 42.1 Å². The fraction of sp³-hybridized carbons (Fsp3) is 0.600. The molecule has 2 aromatic rings. The Labute approximate surface area is 176 Å². The van der Waals surface area contributed by atoms with Gasteiger partial charge < -0.3 is 9.30 Å². The summed E-state index contributed by atoms with van der Waals surface area (Å²) >= 11 is 1.66. The lowest BCUT2D eigenvalue weighted by molar-refractivity contribution is -0.0187. The molecule has 158 valence electrons. The number of hydrogen-bond donors (Lipinski definition) is 0. The third-order valence-electron chi connectivity index (χ3n) is 5.59. The first kappa shape index (κ1) is 20.8. The molecule has 2 aliphatic rings. The molecule has 1 aromatic carbocycles. The van der Waals surface area contributed by atoms with E-state index in [1.807, 2.05) is 17.7 Å². The molecule has 2 aliphatic heterocycles. The van der Waals surface area contributed by atoms with Gasteiger partial charge in [0.15, 0.2) is 15.0 Å². The van der Waals surface area contributed by atoms with E-state index in [0.29, 0.717) is 12.2 Å². The third kappa shape index (κ3) is 5.59. The maximum absolute atomic E-state index is 11.7. The fourth-order valence-electron chi connectivity index (χ4n) is 3.97. The molecule has 2 atom stereocenters. The van der Waals surface area contributed by atoms with E-state index >= 15 is 0 Å². The number of nitrogens with zero attached hydrogens (tertiary/aromatic N) is 4. The Balaban J connectivity index is 1.28. The average molecular weight is 437 g/mol. The minimum absolute atomic E-state index is 0.161. The van der Waals surface area contributed by atoms with E-state index in [0.717, 1.165) is 49.4 Å². The van der Waals surface area contributed by atoms with Gasteiger partial charge in [-0.25, -0.2) is 8.42 Å². The highest BCUT2D eigenvalue weighted by molar-refractivity contribution is 7.99. The summed E-state index contributed by atoms with van der Waals surface area (Å²) in [5.41, 5.74) is 1.33. The summed E-state index contributed by atoms with van der Waals surface area (Å²) in [5.74, 6) is 2.43. The standard InChI is InChI=1S/C20H28N4O3S2/c1-23-19(11-17-7-10-29(25,26)15-17)21-22-20(23)28-14-18-13-24(8-9-27-18)12-16-5-3-2-4-6-16/h2-6,17-18H,7-15H2,1H3. The van der Waals surface area contributed by atoms with Crippen LogP contribution in [-0.2, 0) is 34.6 Å². The van der Waals surface area contributed by atoms with Gasteiger partial charge in [-0.15, -0.1) is 10.2 Å². The van der Waals surface area contributed by atoms with Crippen molar-refractivity contribution in [3.05, 3.63) is 41.7 Å². The van der Waals surface area contributed by atoms with Crippen LogP contribution in [0.2, 0.25) is 0 Å². The molecule has 0 amide bonds. The van der Waals surface area contributed by atoms with Crippen molar-refractivity contribution in [3.8, 4) is 0 Å². The van der Waals surface area contributed by atoms with Crippen LogP contribution >= 0.6 is 11.8 Å². The SMILES string of the molecule is Cn1c(CC2CCS(=O)(=O)C2)nnc1SCC1CN(Cc2ccccc2)CCO1. The van der Waals surface area contributed by atoms with Crippen molar-refractivity contribution in [2.24, 2.45) is 13.0 Å². The number of benzene rings is 1. The van der Waals surface area contributed by atoms with Crippen molar-refractivity contribution in [1.82, 2.24) is 19.7 Å². The highest BCUT2D eigenvalue weighted by Crippen LogP contribution is 2.25. The van der Waals surface area contributed by atoms with E-state index in [2.05, 4.69) is 39.4 Å². The Kier molecular flexibility index (Phi) is 6.58. The first-order valence-electron chi connectivity index (χ1n) is 10.1. The predicted octanol–water partition coefficient (Wildman–Crippen LogP) is 1.79. The van der Waals surface area contributed by atoms with Crippen molar-refractivity contribution in [3.63, 3.8) is 0 Å². The zero-order chi connectivity index (χ0) is 20.3. The Hall–Kier alpha value is -1.42. The molecule has 2 fully saturated rings. The van der Waals surface area contributed by atoms with Crippen LogP contribution in [0.15, 0.2) is 35.5 Å². The van der Waals surface area contributed by atoms with E-state index in [1.165, 1.54) is 5.56 Å². The molecule has 1 aromatic heterocycles. The number of thioether (sulfide) groups is 1. The molecule has 29 heavy (non-hydrogen) atoms. The zero-order valence-electron chi connectivity index (χ0n) is 16.7. The summed E-state index contributed by atoms with van der Waals surface area (Å²) in [6.45, 7) is 3.56. The van der Waals surface area contributed by atoms with Crippen molar-refractivity contribution in [2.75, 3.05) is 37.0 Å². The molecule has 7 nitrogen and oxygen atoms in total. The van der Waals surface area contributed by atoms with Crippen molar-refractivity contribution in [1.29, 1.82) is 0 Å². The highest BCUT2D eigenvalue weighted by Gasteiger charge is 2.29. The first-order valence-corrected chi connectivity index (χ1v) is 12.9. The maximum Gasteiger partial charge on any atom is 0.191 e. The number of rotatable bonds is 7. The van der Waals surface area contributed by atoms with Gasteiger partial charge in [-0.3, -0.25) is 4.90 Å². The summed E-state index contributed by atoms with van der Waals surface area (Å²) in [4.78, 5) is 2.44. The van der Waals surface area contributed by atoms with Crippen LogP contribution in [0.4, 0.5) is 0 Å². The third-order valence-corrected chi connectivity index (χ3v) is 8.58. The smallest absolute Gasteiger partial charge is 0.191 e. The average Bonchev–Trinajstić information content (AvgIpc) is 3.23. The van der Waals surface area contributed by atoms with E-state index < -0.39 is 9.84 Å². The molecule has 0 bridgehead atoms. The second-order valence-electron chi connectivity index (χ2n) is 7.96. The predicted molar refractivity (Wildman–Crippen MR) is 114 cm³/mol. The summed E-state index contributed by atoms with van der Waals surface area (Å²) < 4.78 is 31.3. The number of sulfone groups is 1. The van der Waals surface area contributed by atoms with Crippen LogP contribution < -0.4 is 0 Å². The van der Waals surface area contributed by atoms with Crippen LogP contribution in [0.3, 0.4) is 0 Å². The maximum atomic E-state index is 11.7. The van der Waals surface area contributed by atoms with Crippen molar-refractivity contribution >= 4 is 21.6 Å². The lowest BCUT2D eigenvalue weighted by atomic mass is 10.1. The second-order valence-corrected chi connectivity index (χ2v) is 11.2. The van der Waals surface area contributed by atoms with E-state index in [9.17, 15) is 8.42 Å². The molecule has 0 spiro atoms. The number of morpholine rings is 1. The van der Waals surface area contributed by atoms with Gasteiger partial charge in [0.2, 0.25) is 0 Å². The molecule has 0 radical (unpaired) electrons. The fourth-order valence-corrected chi connectivity index (χ4v) is 6.77. The van der Waals surface area contributed by atoms with Gasteiger partial charge in [0.1, 0.15) is 5.82 Å². The molecule has 2 saturated heterocycles. The van der Waals surface area contributed by atoms with Gasteiger partial charge >= 0.3 is 0 Å². The van der Waals surface area contributed by atoms with Gasteiger partial charge in [0.05, 0.1) is 24.2 Å². The van der Waals surface area contributed by atoms with Gasteiger partial charge in [0, 0.05) is 38.9 Å². The quantitative estimate of drug-likeness (QED) is 0.612. The minimum atomic E-state index is -2.86. The zero-order valence-corrected chi connectivity index (χ0v) is 18.4. The monoisotopic (exact) mass is 436 g/mol. The summed E-state index contributed by atoms with van der Waals surface area (Å²) in [6.07, 6.45) is 1.57. The lowest BCUT2D eigenvalue weighted by Gasteiger charge is -2.32. The van der Waals surface area contributed by atoms with Crippen LogP contribution in [-0.4, -0.2) is 71.1 Å². The molecule has 4 rings (SSSR count). The summed E-state index contributed by atoms with van der Waals surface area (Å²) in [6, 6.07) is 10.5. The van der Waals surface area contributed by atoms with Crippen LogP contribution in [0.1, 0.15) is 17.8 Å². The molecule has 9 heteroatoms. The second kappa shape index (κ2) is 9.16. The summed E-state index contributed by atoms with van der Waals surface area (Å²) in [5, 5.41) is 9.50. The van der Waals surface area contributed by atoms with Gasteiger partial charge in [0.25, 0.3) is 0 Å². The van der Waals surface area contributed by atoms with Crippen LogP contribution in [0.25, 0.3) is 0 Å². The van der Waals surface area contributed by atoms with Crippen LogP contribution in [0.5, 0.6) is 0 Å². The normalized spacial score (nSPS) is 24.7. The Morgan fingerprint density at radius 2 is 2.07 bits per heavy atom. The molecular formula is C20H28N4O3S2. The first-order chi connectivity index (χ1) is 14.0. The van der Waals surface area contributed by atoms with Gasteiger partial charge in [-0.05, 0) is 17.9 Å². The largest absolute Gasteiger partial charge is 0.375 e. The van der Waals surface area contributed by atoms with E-state index in [-0.39, 0.29) is 17.8 Å². The lowest BCUT2D eigenvalue weighted by Crippen LogP contribution is -2.43. The molecule has 3 heterocycles. The van der Waals surface area contributed by atoms with Crippen molar-refractivity contribution < 1.29 is 13.2 Å². The number of hydrogen-bond acceptors (Lipinski definition) is 7. The van der Waals surface area contributed by atoms with E-state index in [1.54, 1.807) is 11.8 Å². The van der Waals surface area contributed by atoms with Crippen molar-refractivity contribution in [2.45, 2.75) is 30.6 Å². The molecule has 0 N–H and O–H groups in total. The Bertz CT molecular complexity index is 917. The summed E-state index contributed by atoms with van der Waals surface area (Å²) in [7, 11) is -0.895. The Morgan fingerprint density at radius 3 is 2.83 bits per heavy atom. The molecule has 2 unspecified atom stereocenters. The highest BCUT2D eigenvalue weighted by atomic mass is 32.2. The minimum Gasteiger partial charge on any atom is -0.375 e. The molecule has 0 saturated carbocycles. The number of ether oxygens (including phenoxy) is 1. The molecular weight excluding hydrogens is 408 g/mol.